The van der Waals surface area contributed by atoms with Gasteiger partial charge in [0.1, 0.15) is 0 Å². The lowest BCUT2D eigenvalue weighted by atomic mass is 10.2. The third-order valence-corrected chi connectivity index (χ3v) is 6.10. The van der Waals surface area contributed by atoms with Crippen LogP contribution < -0.4 is 5.32 Å². The zero-order valence-electron chi connectivity index (χ0n) is 15.2. The summed E-state index contributed by atoms with van der Waals surface area (Å²) in [6.07, 6.45) is 0. The van der Waals surface area contributed by atoms with Crippen LogP contribution in [0.4, 0.5) is 0 Å². The molecule has 0 radical (unpaired) electrons. The molecular weight excluding hydrogens is 499 g/mol. The number of halogens is 3. The van der Waals surface area contributed by atoms with Crippen LogP contribution in [0.5, 0.6) is 0 Å². The van der Waals surface area contributed by atoms with Crippen molar-refractivity contribution >= 4 is 62.6 Å². The van der Waals surface area contributed by atoms with E-state index in [1.165, 1.54) is 17.8 Å². The highest BCUT2D eigenvalue weighted by molar-refractivity contribution is 9.10. The fourth-order valence-corrected chi connectivity index (χ4v) is 3.99. The Kier molecular flexibility index (Phi) is 7.34. The van der Waals surface area contributed by atoms with Crippen molar-refractivity contribution < 1.29 is 9.59 Å². The number of carbonyl (C=O) groups is 2. The van der Waals surface area contributed by atoms with Crippen LogP contribution in [0.1, 0.15) is 26.5 Å². The van der Waals surface area contributed by atoms with Gasteiger partial charge in [-0.05, 0) is 30.3 Å². The topological polar surface area (TPSA) is 76.9 Å². The van der Waals surface area contributed by atoms with Crippen molar-refractivity contribution in [3.8, 4) is 0 Å². The molecule has 3 aromatic rings. The first-order chi connectivity index (χ1) is 13.8. The highest BCUT2D eigenvalue weighted by Gasteiger charge is 2.15. The monoisotopic (exact) mass is 512 g/mol. The summed E-state index contributed by atoms with van der Waals surface area (Å²) in [6, 6.07) is 11.9. The quantitative estimate of drug-likeness (QED) is 0.363. The fraction of sp³-hybridized carbons (Fsp3) is 0.158. The number of Topliss-reactive ketones (excluding diaryl/α,β-unsaturated/α-hetero) is 1. The average molecular weight is 514 g/mol. The molecule has 0 bridgehead atoms. The van der Waals surface area contributed by atoms with Crippen LogP contribution in [-0.4, -0.2) is 32.2 Å². The number of amides is 1. The standard InChI is InChI=1S/C19H15BrCl2N4O2S/c1-26-17(9-23-18(28)14-7-6-13(21)8-15(14)22)24-25-19(26)29-10-16(27)11-2-4-12(20)5-3-11/h2-8H,9-10H2,1H3,(H,23,28). The molecule has 29 heavy (non-hydrogen) atoms. The molecule has 1 amide bonds. The number of thioether (sulfide) groups is 1. The van der Waals surface area contributed by atoms with Crippen LogP contribution in [0.2, 0.25) is 10.0 Å². The van der Waals surface area contributed by atoms with Crippen LogP contribution in [0.15, 0.2) is 52.1 Å². The molecule has 0 saturated heterocycles. The van der Waals surface area contributed by atoms with Gasteiger partial charge in [0.05, 0.1) is 22.9 Å². The molecule has 0 aliphatic rings. The van der Waals surface area contributed by atoms with Crippen molar-refractivity contribution in [2.24, 2.45) is 7.05 Å². The van der Waals surface area contributed by atoms with E-state index < -0.39 is 0 Å². The molecular formula is C19H15BrCl2N4O2S. The maximum Gasteiger partial charge on any atom is 0.253 e. The minimum Gasteiger partial charge on any atom is -0.345 e. The van der Waals surface area contributed by atoms with E-state index in [9.17, 15) is 9.59 Å². The number of ketones is 1. The van der Waals surface area contributed by atoms with E-state index in [0.29, 0.717) is 27.1 Å². The molecule has 0 aliphatic heterocycles. The third kappa shape index (κ3) is 5.60. The lowest BCUT2D eigenvalue weighted by molar-refractivity contribution is 0.0949. The summed E-state index contributed by atoms with van der Waals surface area (Å²) in [6.45, 7) is 0.169. The first-order valence-corrected chi connectivity index (χ1v) is 10.9. The summed E-state index contributed by atoms with van der Waals surface area (Å²) < 4.78 is 2.66. The number of benzene rings is 2. The van der Waals surface area contributed by atoms with Crippen molar-refractivity contribution in [3.05, 3.63) is 73.9 Å². The van der Waals surface area contributed by atoms with Gasteiger partial charge in [0.15, 0.2) is 16.8 Å². The molecule has 0 spiro atoms. The van der Waals surface area contributed by atoms with Gasteiger partial charge >= 0.3 is 0 Å². The van der Waals surface area contributed by atoms with Gasteiger partial charge in [-0.2, -0.15) is 0 Å². The van der Waals surface area contributed by atoms with E-state index in [1.54, 1.807) is 35.9 Å². The third-order valence-electron chi connectivity index (χ3n) is 4.01. The summed E-state index contributed by atoms with van der Waals surface area (Å²) in [4.78, 5) is 24.6. The number of hydrogen-bond donors (Lipinski definition) is 1. The van der Waals surface area contributed by atoms with Crippen LogP contribution >= 0.6 is 50.9 Å². The van der Waals surface area contributed by atoms with E-state index in [0.717, 1.165) is 4.47 Å². The minimum absolute atomic E-state index is 0.00210. The molecule has 0 saturated carbocycles. The second-order valence-electron chi connectivity index (χ2n) is 5.98. The summed E-state index contributed by atoms with van der Waals surface area (Å²) in [5, 5.41) is 12.3. The number of nitrogens with one attached hydrogen (secondary N) is 1. The summed E-state index contributed by atoms with van der Waals surface area (Å²) in [5.41, 5.74) is 0.961. The number of carbonyl (C=O) groups excluding carboxylic acids is 2. The number of nitrogens with zero attached hydrogens (tertiary/aromatic N) is 3. The molecule has 0 aliphatic carbocycles. The van der Waals surface area contributed by atoms with Gasteiger partial charge in [0.25, 0.3) is 5.91 Å². The van der Waals surface area contributed by atoms with Gasteiger partial charge < -0.3 is 9.88 Å². The van der Waals surface area contributed by atoms with E-state index in [-0.39, 0.29) is 29.0 Å². The summed E-state index contributed by atoms with van der Waals surface area (Å²) in [7, 11) is 1.78. The van der Waals surface area contributed by atoms with E-state index in [2.05, 4.69) is 31.4 Å². The largest absolute Gasteiger partial charge is 0.345 e. The van der Waals surface area contributed by atoms with Crippen molar-refractivity contribution in [1.82, 2.24) is 20.1 Å². The van der Waals surface area contributed by atoms with Crippen molar-refractivity contribution in [3.63, 3.8) is 0 Å². The second kappa shape index (κ2) is 9.75. The zero-order valence-corrected chi connectivity index (χ0v) is 19.1. The molecule has 150 valence electrons. The summed E-state index contributed by atoms with van der Waals surface area (Å²) in [5.74, 6) is 0.453. The van der Waals surface area contributed by atoms with Crippen LogP contribution in [0, 0.1) is 0 Å². The van der Waals surface area contributed by atoms with Crippen molar-refractivity contribution in [2.75, 3.05) is 5.75 Å². The Hall–Kier alpha value is -1.87. The first kappa shape index (κ1) is 21.8. The number of hydrogen-bond acceptors (Lipinski definition) is 5. The highest BCUT2D eigenvalue weighted by Crippen LogP contribution is 2.21. The Morgan fingerprint density at radius 2 is 1.86 bits per heavy atom. The number of rotatable bonds is 7. The highest BCUT2D eigenvalue weighted by atomic mass is 79.9. The molecule has 6 nitrogen and oxygen atoms in total. The maximum atomic E-state index is 12.3. The van der Waals surface area contributed by atoms with Gasteiger partial charge in [-0.25, -0.2) is 0 Å². The van der Waals surface area contributed by atoms with Gasteiger partial charge in [-0.1, -0.05) is 63.0 Å². The molecule has 2 aromatic carbocycles. The smallest absolute Gasteiger partial charge is 0.253 e. The Morgan fingerprint density at radius 1 is 1.14 bits per heavy atom. The Labute approximate surface area is 190 Å². The normalized spacial score (nSPS) is 10.8. The summed E-state index contributed by atoms with van der Waals surface area (Å²) >= 11 is 16.5. The van der Waals surface area contributed by atoms with Gasteiger partial charge in [0, 0.05) is 22.1 Å². The molecule has 0 fully saturated rings. The maximum absolute atomic E-state index is 12.3. The van der Waals surface area contributed by atoms with Gasteiger partial charge in [-0.15, -0.1) is 10.2 Å². The molecule has 10 heteroatoms. The lowest BCUT2D eigenvalue weighted by Gasteiger charge is -2.07. The molecule has 1 heterocycles. The zero-order chi connectivity index (χ0) is 21.0. The number of aromatic nitrogens is 3. The molecule has 1 N–H and O–H groups in total. The molecule has 3 rings (SSSR count). The van der Waals surface area contributed by atoms with Crippen LogP contribution in [-0.2, 0) is 13.6 Å². The predicted molar refractivity (Wildman–Crippen MR) is 118 cm³/mol. The second-order valence-corrected chi connectivity index (χ2v) is 8.69. The predicted octanol–water partition coefficient (Wildman–Crippen LogP) is 4.79. The van der Waals surface area contributed by atoms with E-state index in [4.69, 9.17) is 23.2 Å². The SMILES string of the molecule is Cn1c(CNC(=O)c2ccc(Cl)cc2Cl)nnc1SCC(=O)c1ccc(Br)cc1. The molecule has 0 unspecified atom stereocenters. The Morgan fingerprint density at radius 3 is 2.55 bits per heavy atom. The lowest BCUT2D eigenvalue weighted by Crippen LogP contribution is -2.24. The van der Waals surface area contributed by atoms with Crippen LogP contribution in [0.25, 0.3) is 0 Å². The molecule has 0 atom stereocenters. The molecule has 1 aromatic heterocycles. The van der Waals surface area contributed by atoms with Gasteiger partial charge in [0.2, 0.25) is 0 Å². The van der Waals surface area contributed by atoms with E-state index in [1.807, 2.05) is 12.1 Å². The van der Waals surface area contributed by atoms with Crippen molar-refractivity contribution in [1.29, 1.82) is 0 Å². The fourth-order valence-electron chi connectivity index (χ4n) is 2.40. The Bertz CT molecular complexity index is 1060. The van der Waals surface area contributed by atoms with Crippen LogP contribution in [0.3, 0.4) is 0 Å². The van der Waals surface area contributed by atoms with Gasteiger partial charge in [-0.3, -0.25) is 9.59 Å². The average Bonchev–Trinajstić information content (AvgIpc) is 3.04. The minimum atomic E-state index is -0.339. The van der Waals surface area contributed by atoms with E-state index >= 15 is 0 Å². The Balaban J connectivity index is 1.58. The van der Waals surface area contributed by atoms with Crippen molar-refractivity contribution in [2.45, 2.75) is 11.7 Å². The first-order valence-electron chi connectivity index (χ1n) is 8.38.